The summed E-state index contributed by atoms with van der Waals surface area (Å²) in [5.41, 5.74) is 0.308. The first-order valence-corrected chi connectivity index (χ1v) is 7.22. The molecular formula is C14H20N4O3. The van der Waals surface area contributed by atoms with Crippen LogP contribution in [0.1, 0.15) is 38.9 Å². The van der Waals surface area contributed by atoms with Crippen LogP contribution in [0.3, 0.4) is 0 Å². The van der Waals surface area contributed by atoms with Gasteiger partial charge in [-0.1, -0.05) is 26.0 Å². The predicted octanol–water partition coefficient (Wildman–Crippen LogP) is 0.565. The lowest BCUT2D eigenvalue weighted by Crippen LogP contribution is -2.53. The molecular weight excluding hydrogens is 272 g/mol. The molecule has 2 aliphatic rings. The number of Topliss-reactive ketones (excluding diaryl/α,β-unsaturated/α-hetero) is 1. The smallest absolute Gasteiger partial charge is 0.290 e. The number of aromatic nitrogens is 3. The van der Waals surface area contributed by atoms with Crippen LogP contribution in [0.25, 0.3) is 0 Å². The van der Waals surface area contributed by atoms with E-state index in [9.17, 15) is 9.59 Å². The molecule has 2 aliphatic heterocycles. The molecule has 0 unspecified atom stereocenters. The van der Waals surface area contributed by atoms with Gasteiger partial charge >= 0.3 is 0 Å². The number of hydrogen-bond donors (Lipinski definition) is 0. The van der Waals surface area contributed by atoms with E-state index in [1.807, 2.05) is 4.68 Å². The van der Waals surface area contributed by atoms with E-state index in [2.05, 4.69) is 10.3 Å². The molecule has 0 N–H and O–H groups in total. The second-order valence-corrected chi connectivity index (χ2v) is 6.71. The van der Waals surface area contributed by atoms with Crippen LogP contribution in [0, 0.1) is 5.41 Å². The molecule has 3 rings (SSSR count). The van der Waals surface area contributed by atoms with Gasteiger partial charge in [0, 0.05) is 18.5 Å². The highest BCUT2D eigenvalue weighted by molar-refractivity contribution is 6.37. The van der Waals surface area contributed by atoms with Crippen molar-refractivity contribution in [2.45, 2.75) is 45.9 Å². The Morgan fingerprint density at radius 2 is 2.14 bits per heavy atom. The summed E-state index contributed by atoms with van der Waals surface area (Å²) < 4.78 is 7.70. The molecule has 1 aromatic rings. The summed E-state index contributed by atoms with van der Waals surface area (Å²) in [6.07, 6.45) is 2.31. The molecule has 0 bridgehead atoms. The highest BCUT2D eigenvalue weighted by Gasteiger charge is 2.40. The normalized spacial score (nSPS) is 25.2. The summed E-state index contributed by atoms with van der Waals surface area (Å²) in [5, 5.41) is 8.01. The molecule has 114 valence electrons. The summed E-state index contributed by atoms with van der Waals surface area (Å²) in [6, 6.07) is 0.102. The number of rotatable bonds is 1. The van der Waals surface area contributed by atoms with Gasteiger partial charge in [-0.05, 0) is 6.42 Å². The Morgan fingerprint density at radius 3 is 2.86 bits per heavy atom. The van der Waals surface area contributed by atoms with Crippen LogP contribution in [0.4, 0.5) is 0 Å². The minimum atomic E-state index is -0.652. The molecule has 7 nitrogen and oxygen atoms in total. The van der Waals surface area contributed by atoms with Crippen molar-refractivity contribution in [3.63, 3.8) is 0 Å². The zero-order valence-corrected chi connectivity index (χ0v) is 12.6. The van der Waals surface area contributed by atoms with Gasteiger partial charge in [-0.2, -0.15) is 0 Å². The van der Waals surface area contributed by atoms with E-state index in [-0.39, 0.29) is 17.9 Å². The molecule has 7 heteroatoms. The highest BCUT2D eigenvalue weighted by atomic mass is 16.5. The second kappa shape index (κ2) is 4.91. The molecule has 0 radical (unpaired) electrons. The number of ether oxygens (including phenoxy) is 1. The first-order valence-electron chi connectivity index (χ1n) is 7.22. The lowest BCUT2D eigenvalue weighted by Gasteiger charge is -2.41. The maximum Gasteiger partial charge on any atom is 0.290 e. The Bertz CT molecular complexity index is 575. The zero-order chi connectivity index (χ0) is 15.2. The van der Waals surface area contributed by atoms with E-state index in [0.717, 1.165) is 12.1 Å². The average Bonchev–Trinajstić information content (AvgIpc) is 2.92. The third kappa shape index (κ3) is 2.46. The van der Waals surface area contributed by atoms with Gasteiger partial charge in [0.15, 0.2) is 0 Å². The SMILES string of the molecule is CC(C)(C)C(=O)C(=O)N1CC[C@H]2[C@H](C1)OCc1cnnn12. The summed E-state index contributed by atoms with van der Waals surface area (Å²) >= 11 is 0. The number of piperidine rings is 1. The molecule has 0 saturated carbocycles. The molecule has 0 aromatic carbocycles. The van der Waals surface area contributed by atoms with E-state index in [1.54, 1.807) is 31.9 Å². The number of hydrogen-bond acceptors (Lipinski definition) is 5. The van der Waals surface area contributed by atoms with Crippen molar-refractivity contribution in [1.82, 2.24) is 19.9 Å². The number of carbonyl (C=O) groups is 2. The number of fused-ring (bicyclic) bond motifs is 3. The largest absolute Gasteiger partial charge is 0.368 e. The van der Waals surface area contributed by atoms with E-state index < -0.39 is 11.3 Å². The Morgan fingerprint density at radius 1 is 1.38 bits per heavy atom. The van der Waals surface area contributed by atoms with Crippen molar-refractivity contribution in [1.29, 1.82) is 0 Å². The highest BCUT2D eigenvalue weighted by Crippen LogP contribution is 2.31. The molecule has 1 aromatic heterocycles. The van der Waals surface area contributed by atoms with E-state index in [1.165, 1.54) is 0 Å². The maximum absolute atomic E-state index is 12.3. The van der Waals surface area contributed by atoms with Gasteiger partial charge in [0.2, 0.25) is 5.78 Å². The van der Waals surface area contributed by atoms with Crippen molar-refractivity contribution >= 4 is 11.7 Å². The summed E-state index contributed by atoms with van der Waals surface area (Å²) in [4.78, 5) is 26.0. The molecule has 21 heavy (non-hydrogen) atoms. The van der Waals surface area contributed by atoms with Gasteiger partial charge in [0.25, 0.3) is 5.91 Å². The summed E-state index contributed by atoms with van der Waals surface area (Å²) in [5.74, 6) is -0.757. The molecule has 3 heterocycles. The minimum Gasteiger partial charge on any atom is -0.368 e. The Labute approximate surface area is 123 Å². The average molecular weight is 292 g/mol. The van der Waals surface area contributed by atoms with Crippen LogP contribution in [0.15, 0.2) is 6.20 Å². The van der Waals surface area contributed by atoms with Crippen LogP contribution in [-0.2, 0) is 20.9 Å². The quantitative estimate of drug-likeness (QED) is 0.707. The van der Waals surface area contributed by atoms with Gasteiger partial charge in [0.1, 0.15) is 0 Å². The van der Waals surface area contributed by atoms with Crippen LogP contribution >= 0.6 is 0 Å². The molecule has 0 aliphatic carbocycles. The lowest BCUT2D eigenvalue weighted by molar-refractivity contribution is -0.153. The van der Waals surface area contributed by atoms with Crippen molar-refractivity contribution in [3.05, 3.63) is 11.9 Å². The van der Waals surface area contributed by atoms with Gasteiger partial charge < -0.3 is 9.64 Å². The standard InChI is InChI=1S/C14H20N4O3/c1-14(2,3)12(19)13(20)17-5-4-10-11(7-17)21-8-9-6-15-16-18(9)10/h6,10-11H,4-5,7-8H2,1-3H3/t10-,11-/m0/s1. The van der Waals surface area contributed by atoms with Gasteiger partial charge in [-0.3, -0.25) is 9.59 Å². The lowest BCUT2D eigenvalue weighted by atomic mass is 9.89. The molecule has 0 spiro atoms. The molecule has 1 saturated heterocycles. The van der Waals surface area contributed by atoms with Crippen LogP contribution < -0.4 is 0 Å². The molecule has 2 atom stereocenters. The molecule has 1 fully saturated rings. The Hall–Kier alpha value is -1.76. The topological polar surface area (TPSA) is 77.3 Å². The third-order valence-corrected chi connectivity index (χ3v) is 4.10. The Balaban J connectivity index is 1.72. The van der Waals surface area contributed by atoms with Crippen LogP contribution in [0.2, 0.25) is 0 Å². The monoisotopic (exact) mass is 292 g/mol. The van der Waals surface area contributed by atoms with Crippen molar-refractivity contribution < 1.29 is 14.3 Å². The van der Waals surface area contributed by atoms with Crippen LogP contribution in [-0.4, -0.2) is 50.8 Å². The third-order valence-electron chi connectivity index (χ3n) is 4.10. The van der Waals surface area contributed by atoms with Gasteiger partial charge in [-0.25, -0.2) is 4.68 Å². The molecule has 1 amide bonds. The number of nitrogens with zero attached hydrogens (tertiary/aromatic N) is 4. The first-order chi connectivity index (χ1) is 9.88. The number of ketones is 1. The fraction of sp³-hybridized carbons (Fsp3) is 0.714. The Kier molecular flexibility index (Phi) is 3.32. The van der Waals surface area contributed by atoms with Crippen molar-refractivity contribution in [2.24, 2.45) is 5.41 Å². The number of carbonyl (C=O) groups excluding carboxylic acids is 2. The van der Waals surface area contributed by atoms with E-state index >= 15 is 0 Å². The van der Waals surface area contributed by atoms with Gasteiger partial charge in [-0.15, -0.1) is 5.10 Å². The minimum absolute atomic E-state index is 0.102. The fourth-order valence-corrected chi connectivity index (χ4v) is 2.84. The number of likely N-dealkylation sites (tertiary alicyclic amines) is 1. The van der Waals surface area contributed by atoms with Crippen molar-refractivity contribution in [2.75, 3.05) is 13.1 Å². The predicted molar refractivity (Wildman–Crippen MR) is 73.3 cm³/mol. The second-order valence-electron chi connectivity index (χ2n) is 6.71. The van der Waals surface area contributed by atoms with E-state index in [4.69, 9.17) is 4.74 Å². The van der Waals surface area contributed by atoms with E-state index in [0.29, 0.717) is 19.7 Å². The first kappa shape index (κ1) is 14.2. The fourth-order valence-electron chi connectivity index (χ4n) is 2.84. The zero-order valence-electron chi connectivity index (χ0n) is 12.6. The summed E-state index contributed by atoms with van der Waals surface area (Å²) in [7, 11) is 0. The number of amides is 1. The summed E-state index contributed by atoms with van der Waals surface area (Å²) in [6.45, 7) is 6.72. The maximum atomic E-state index is 12.3. The van der Waals surface area contributed by atoms with Crippen LogP contribution in [0.5, 0.6) is 0 Å². The van der Waals surface area contributed by atoms with Crippen molar-refractivity contribution in [3.8, 4) is 0 Å². The van der Waals surface area contributed by atoms with Gasteiger partial charge in [0.05, 0.1) is 30.6 Å².